The molecule has 0 rings (SSSR count). The average Bonchev–Trinajstić information content (AvgIpc) is 3.33. The third-order valence-electron chi connectivity index (χ3n) is 12.2. The molecule has 0 saturated heterocycles. The van der Waals surface area contributed by atoms with Crippen molar-refractivity contribution in [3.8, 4) is 0 Å². The molecular weight excluding hydrogens is 829 g/mol. The molecule has 67 heavy (non-hydrogen) atoms. The third-order valence-corrected chi connectivity index (χ3v) is 12.2. The smallest absolute Gasteiger partial charge is 0.306 e. The minimum absolute atomic E-state index is 0.0834. The Labute approximate surface area is 414 Å². The molecule has 0 saturated carbocycles. The largest absolute Gasteiger partial charge is 0.462 e. The lowest BCUT2D eigenvalue weighted by Gasteiger charge is -2.18. The van der Waals surface area contributed by atoms with Gasteiger partial charge in [-0.3, -0.25) is 14.4 Å². The molecule has 0 bridgehead atoms. The molecule has 6 nitrogen and oxygen atoms in total. The summed E-state index contributed by atoms with van der Waals surface area (Å²) in [5.41, 5.74) is 0. The number of ether oxygens (including phenoxy) is 3. The van der Waals surface area contributed by atoms with Crippen molar-refractivity contribution in [2.45, 2.75) is 284 Å². The van der Waals surface area contributed by atoms with E-state index in [-0.39, 0.29) is 31.1 Å². The summed E-state index contributed by atoms with van der Waals surface area (Å²) in [6, 6.07) is 0. The summed E-state index contributed by atoms with van der Waals surface area (Å²) in [6.45, 7) is 6.48. The van der Waals surface area contributed by atoms with Crippen LogP contribution in [0.1, 0.15) is 278 Å². The number of allylic oxidation sites excluding steroid dienone is 12. The lowest BCUT2D eigenvalue weighted by Crippen LogP contribution is -2.30. The minimum atomic E-state index is -0.784. The molecule has 0 aromatic carbocycles. The van der Waals surface area contributed by atoms with Crippen LogP contribution in [-0.4, -0.2) is 37.2 Å². The van der Waals surface area contributed by atoms with Gasteiger partial charge in [0.15, 0.2) is 6.10 Å². The monoisotopic (exact) mass is 935 g/mol. The second-order valence-corrected chi connectivity index (χ2v) is 18.8. The van der Waals surface area contributed by atoms with Crippen LogP contribution < -0.4 is 0 Å². The van der Waals surface area contributed by atoms with Crippen molar-refractivity contribution in [1.82, 2.24) is 0 Å². The summed E-state index contributed by atoms with van der Waals surface area (Å²) in [6.07, 6.45) is 70.3. The molecule has 0 aromatic rings. The van der Waals surface area contributed by atoms with Gasteiger partial charge in [0.25, 0.3) is 0 Å². The van der Waals surface area contributed by atoms with Crippen LogP contribution in [0.15, 0.2) is 72.9 Å². The van der Waals surface area contributed by atoms with Gasteiger partial charge in [0.2, 0.25) is 0 Å². The van der Waals surface area contributed by atoms with Crippen molar-refractivity contribution in [2.75, 3.05) is 13.2 Å². The maximum absolute atomic E-state index is 12.8. The number of rotatable bonds is 51. The molecule has 0 radical (unpaired) electrons. The van der Waals surface area contributed by atoms with Gasteiger partial charge in [-0.2, -0.15) is 0 Å². The van der Waals surface area contributed by atoms with Gasteiger partial charge < -0.3 is 14.2 Å². The predicted molar refractivity (Wildman–Crippen MR) is 288 cm³/mol. The Morgan fingerprint density at radius 1 is 0.313 bits per heavy atom. The van der Waals surface area contributed by atoms with E-state index in [0.29, 0.717) is 19.3 Å². The molecular formula is C61H106O6. The van der Waals surface area contributed by atoms with Gasteiger partial charge in [-0.05, 0) is 103 Å². The lowest BCUT2D eigenvalue weighted by atomic mass is 10.1. The zero-order valence-electron chi connectivity index (χ0n) is 44.2. The van der Waals surface area contributed by atoms with E-state index >= 15 is 0 Å². The second-order valence-electron chi connectivity index (χ2n) is 18.8. The van der Waals surface area contributed by atoms with Crippen LogP contribution in [0, 0.1) is 0 Å². The Hall–Kier alpha value is -3.15. The SMILES string of the molecule is CC/C=C\C/C=C\C/C=C\C/C=C\CCCCCCCCCCC(=O)OCC(COC(=O)CCCCCCC/C=C\CCCC)OC(=O)CCCCCCCCC/C=C\CCCCCCCC. The standard InChI is InChI=1S/C61H106O6/c1-4-7-10-13-16-19-22-24-26-28-29-30-31-33-34-36-39-42-45-48-51-54-60(63)66-57-58(56-65-59(62)53-50-47-44-41-38-21-18-15-12-9-6-3)67-61(64)55-52-49-46-43-40-37-35-32-27-25-23-20-17-14-11-8-5-2/h7,10,15-16,18-19,24-27,29-30,58H,4-6,8-9,11-14,17,20-23,28,31-57H2,1-3H3/b10-7-,18-15-,19-16-,26-24-,27-25-,30-29-. The molecule has 0 aliphatic carbocycles. The van der Waals surface area contributed by atoms with E-state index in [1.807, 2.05) is 0 Å². The first-order valence-corrected chi connectivity index (χ1v) is 28.4. The van der Waals surface area contributed by atoms with Crippen molar-refractivity contribution in [3.63, 3.8) is 0 Å². The van der Waals surface area contributed by atoms with Crippen LogP contribution in [0.2, 0.25) is 0 Å². The number of carbonyl (C=O) groups excluding carboxylic acids is 3. The fraction of sp³-hybridized carbons (Fsp3) is 0.754. The van der Waals surface area contributed by atoms with E-state index in [1.165, 1.54) is 141 Å². The maximum atomic E-state index is 12.8. The highest BCUT2D eigenvalue weighted by Gasteiger charge is 2.19. The molecule has 0 amide bonds. The Balaban J connectivity index is 4.34. The van der Waals surface area contributed by atoms with Crippen molar-refractivity contribution in [2.24, 2.45) is 0 Å². The minimum Gasteiger partial charge on any atom is -0.462 e. The van der Waals surface area contributed by atoms with Crippen LogP contribution in [0.4, 0.5) is 0 Å². The fourth-order valence-electron chi connectivity index (χ4n) is 7.88. The van der Waals surface area contributed by atoms with Crippen molar-refractivity contribution >= 4 is 17.9 Å². The first-order valence-electron chi connectivity index (χ1n) is 28.4. The van der Waals surface area contributed by atoms with E-state index in [2.05, 4.69) is 93.7 Å². The molecule has 0 aliphatic heterocycles. The summed E-state index contributed by atoms with van der Waals surface area (Å²) in [4.78, 5) is 38.1. The van der Waals surface area contributed by atoms with E-state index < -0.39 is 6.10 Å². The topological polar surface area (TPSA) is 78.9 Å². The first-order chi connectivity index (χ1) is 33.0. The Morgan fingerprint density at radius 2 is 0.597 bits per heavy atom. The van der Waals surface area contributed by atoms with Crippen LogP contribution in [-0.2, 0) is 28.6 Å². The number of esters is 3. The number of unbranched alkanes of at least 4 members (excludes halogenated alkanes) is 28. The maximum Gasteiger partial charge on any atom is 0.306 e. The average molecular weight is 936 g/mol. The van der Waals surface area contributed by atoms with Gasteiger partial charge >= 0.3 is 17.9 Å². The van der Waals surface area contributed by atoms with Crippen molar-refractivity contribution in [3.05, 3.63) is 72.9 Å². The van der Waals surface area contributed by atoms with Crippen LogP contribution >= 0.6 is 0 Å². The highest BCUT2D eigenvalue weighted by atomic mass is 16.6. The molecule has 0 N–H and O–H groups in total. The van der Waals surface area contributed by atoms with Gasteiger partial charge in [0, 0.05) is 19.3 Å². The Kier molecular flexibility index (Phi) is 52.8. The number of carbonyl (C=O) groups is 3. The quantitative estimate of drug-likeness (QED) is 0.0262. The Morgan fingerprint density at radius 3 is 0.970 bits per heavy atom. The highest BCUT2D eigenvalue weighted by Crippen LogP contribution is 2.15. The van der Waals surface area contributed by atoms with Crippen molar-refractivity contribution < 1.29 is 28.6 Å². The van der Waals surface area contributed by atoms with E-state index in [9.17, 15) is 14.4 Å². The number of hydrogen-bond acceptors (Lipinski definition) is 6. The van der Waals surface area contributed by atoms with Crippen LogP contribution in [0.5, 0.6) is 0 Å². The zero-order chi connectivity index (χ0) is 48.6. The predicted octanol–water partition coefficient (Wildman–Crippen LogP) is 19.0. The number of hydrogen-bond donors (Lipinski definition) is 0. The lowest BCUT2D eigenvalue weighted by molar-refractivity contribution is -0.167. The second kappa shape index (κ2) is 55.4. The highest BCUT2D eigenvalue weighted by molar-refractivity contribution is 5.71. The molecule has 0 heterocycles. The van der Waals surface area contributed by atoms with Crippen LogP contribution in [0.3, 0.4) is 0 Å². The van der Waals surface area contributed by atoms with E-state index in [1.54, 1.807) is 0 Å². The zero-order valence-corrected chi connectivity index (χ0v) is 44.2. The summed E-state index contributed by atoms with van der Waals surface area (Å²) in [7, 11) is 0. The molecule has 386 valence electrons. The fourth-order valence-corrected chi connectivity index (χ4v) is 7.88. The third kappa shape index (κ3) is 53.7. The van der Waals surface area contributed by atoms with Crippen molar-refractivity contribution in [1.29, 1.82) is 0 Å². The summed E-state index contributed by atoms with van der Waals surface area (Å²) >= 11 is 0. The molecule has 0 fully saturated rings. The molecule has 0 spiro atoms. The van der Waals surface area contributed by atoms with Crippen LogP contribution in [0.25, 0.3) is 0 Å². The van der Waals surface area contributed by atoms with Gasteiger partial charge in [-0.25, -0.2) is 0 Å². The van der Waals surface area contributed by atoms with Gasteiger partial charge in [-0.15, -0.1) is 0 Å². The van der Waals surface area contributed by atoms with Gasteiger partial charge in [0.1, 0.15) is 13.2 Å². The van der Waals surface area contributed by atoms with E-state index in [4.69, 9.17) is 14.2 Å². The molecule has 1 atom stereocenters. The molecule has 6 heteroatoms. The Bertz CT molecular complexity index is 1260. The molecule has 0 aliphatic rings. The summed E-state index contributed by atoms with van der Waals surface area (Å²) in [5, 5.41) is 0. The van der Waals surface area contributed by atoms with Gasteiger partial charge in [0.05, 0.1) is 0 Å². The normalized spacial score (nSPS) is 12.6. The first kappa shape index (κ1) is 63.8. The summed E-state index contributed by atoms with van der Waals surface area (Å²) < 4.78 is 16.8. The van der Waals surface area contributed by atoms with E-state index in [0.717, 1.165) is 96.3 Å². The molecule has 1 unspecified atom stereocenters. The summed E-state index contributed by atoms with van der Waals surface area (Å²) in [5.74, 6) is -0.898. The van der Waals surface area contributed by atoms with Gasteiger partial charge in [-0.1, -0.05) is 229 Å². The molecule has 0 aromatic heterocycles.